The van der Waals surface area contributed by atoms with Crippen LogP contribution in [0.2, 0.25) is 15.1 Å². The van der Waals surface area contributed by atoms with Crippen molar-refractivity contribution >= 4 is 53.7 Å². The van der Waals surface area contributed by atoms with E-state index in [9.17, 15) is 4.79 Å². The number of rotatable bonds is 12. The number of amides is 1. The number of primary amides is 1. The number of halogens is 2. The van der Waals surface area contributed by atoms with Gasteiger partial charge in [0.25, 0.3) is 8.32 Å². The zero-order chi connectivity index (χ0) is 41.1. The van der Waals surface area contributed by atoms with Gasteiger partial charge in [-0.05, 0) is 83.5 Å². The van der Waals surface area contributed by atoms with Gasteiger partial charge in [0.1, 0.15) is 0 Å². The summed E-state index contributed by atoms with van der Waals surface area (Å²) in [4.78, 5) is 33.2. The Kier molecular flexibility index (Phi) is 12.4. The van der Waals surface area contributed by atoms with Crippen LogP contribution in [0, 0.1) is 5.92 Å². The summed E-state index contributed by atoms with van der Waals surface area (Å²) in [6.07, 6.45) is 6.84. The van der Waals surface area contributed by atoms with Gasteiger partial charge in [0.05, 0.1) is 24.2 Å². The Labute approximate surface area is 358 Å². The molecule has 59 heavy (non-hydrogen) atoms. The Bertz CT molecular complexity index is 2160. The second kappa shape index (κ2) is 17.7. The van der Waals surface area contributed by atoms with Gasteiger partial charge in [-0.2, -0.15) is 0 Å². The standard InChI is InChI=1S/C46H53Cl2N7O3Si/c1-46(2,3)59(40-10-6-4-7-11-40,41-12-8-5-9-13-41)58-38-26-37-30-55(19-18-54(37)31-38)45-50-27-39(28-51-45)57-44-22-33(29-53-16-14-32(15-17-53)21-43(49)56)20-42(52-44)34-23-35(47)25-36(48)24-34/h4-13,20,22-25,27-28,32,37-38H,14-19,21,26,29-31H2,1-3H3,(H2,49,56)/t37-,38+/m1/s1. The normalized spacial score (nSPS) is 19.4. The van der Waals surface area contributed by atoms with E-state index in [0.717, 1.165) is 69.7 Å². The molecule has 10 nitrogen and oxygen atoms in total. The number of ether oxygens (including phenoxy) is 1. The quantitative estimate of drug-likeness (QED) is 0.127. The molecule has 3 fully saturated rings. The molecule has 0 aliphatic carbocycles. The number of pyridine rings is 1. The van der Waals surface area contributed by atoms with E-state index >= 15 is 0 Å². The molecule has 0 bridgehead atoms. The summed E-state index contributed by atoms with van der Waals surface area (Å²) in [5.74, 6) is 1.72. The number of nitrogens with two attached hydrogens (primary N) is 1. The van der Waals surface area contributed by atoms with Crippen LogP contribution in [-0.4, -0.2) is 90.4 Å². The van der Waals surface area contributed by atoms with Crippen LogP contribution in [0.1, 0.15) is 52.0 Å². The molecule has 2 N–H and O–H groups in total. The third kappa shape index (κ3) is 9.51. The fourth-order valence-electron chi connectivity index (χ4n) is 9.29. The Hall–Kier alpha value is -4.36. The van der Waals surface area contributed by atoms with Crippen LogP contribution in [0.25, 0.3) is 11.3 Å². The van der Waals surface area contributed by atoms with Crippen molar-refractivity contribution in [3.63, 3.8) is 0 Å². The molecule has 0 unspecified atom stereocenters. The molecule has 8 rings (SSSR count). The fraction of sp³-hybridized carbons (Fsp3) is 0.391. The van der Waals surface area contributed by atoms with Crippen LogP contribution in [0.4, 0.5) is 5.95 Å². The molecule has 13 heteroatoms. The molecule has 5 heterocycles. The Balaban J connectivity index is 0.959. The number of nitrogens with zero attached hydrogens (tertiary/aromatic N) is 6. The lowest BCUT2D eigenvalue weighted by Crippen LogP contribution is -2.67. The molecule has 0 spiro atoms. The lowest BCUT2D eigenvalue weighted by Gasteiger charge is -2.44. The van der Waals surface area contributed by atoms with Gasteiger partial charge >= 0.3 is 0 Å². The maximum Gasteiger partial charge on any atom is 0.261 e. The topological polar surface area (TPSA) is 110 Å². The predicted octanol–water partition coefficient (Wildman–Crippen LogP) is 7.56. The van der Waals surface area contributed by atoms with Crippen LogP contribution in [0.3, 0.4) is 0 Å². The lowest BCUT2D eigenvalue weighted by molar-refractivity contribution is -0.119. The van der Waals surface area contributed by atoms with E-state index in [1.54, 1.807) is 18.5 Å². The van der Waals surface area contributed by atoms with Gasteiger partial charge in [-0.3, -0.25) is 14.6 Å². The van der Waals surface area contributed by atoms with Crippen molar-refractivity contribution in [1.82, 2.24) is 24.8 Å². The summed E-state index contributed by atoms with van der Waals surface area (Å²) in [6, 6.07) is 31.6. The van der Waals surface area contributed by atoms with Crippen LogP contribution in [0.15, 0.2) is 103 Å². The molecule has 3 saturated heterocycles. The predicted molar refractivity (Wildman–Crippen MR) is 238 cm³/mol. The Morgan fingerprint density at radius 1 is 0.847 bits per heavy atom. The second-order valence-electron chi connectivity index (χ2n) is 17.3. The number of fused-ring (bicyclic) bond motifs is 1. The van der Waals surface area contributed by atoms with E-state index < -0.39 is 8.32 Å². The van der Waals surface area contributed by atoms with Gasteiger partial charge in [0.15, 0.2) is 5.75 Å². The first-order chi connectivity index (χ1) is 28.4. The SMILES string of the molecule is CC(C)(C)[Si](O[C@H]1C[C@@H]2CN(c3ncc(Oc4cc(CN5CCC(CC(N)=O)CC5)cc(-c5cc(Cl)cc(Cl)c5)n4)cn3)CCN2C1)(c1ccccc1)c1ccccc1. The summed E-state index contributed by atoms with van der Waals surface area (Å²) < 4.78 is 13.9. The molecule has 3 aliphatic heterocycles. The van der Waals surface area contributed by atoms with E-state index in [4.69, 9.17) is 53.1 Å². The average Bonchev–Trinajstić information content (AvgIpc) is 3.62. The minimum Gasteiger partial charge on any atom is -0.436 e. The summed E-state index contributed by atoms with van der Waals surface area (Å²) >= 11 is 12.8. The van der Waals surface area contributed by atoms with Crippen molar-refractivity contribution in [2.24, 2.45) is 11.7 Å². The molecule has 2 atom stereocenters. The zero-order valence-corrected chi connectivity index (χ0v) is 36.6. The molecular formula is C46H53Cl2N7O3Si. The molecule has 3 aromatic carbocycles. The number of carbonyl (C=O) groups excluding carboxylic acids is 1. The highest BCUT2D eigenvalue weighted by Gasteiger charge is 2.53. The third-order valence-electron chi connectivity index (χ3n) is 12.1. The van der Waals surface area contributed by atoms with Gasteiger partial charge in [-0.15, -0.1) is 0 Å². The first-order valence-electron chi connectivity index (χ1n) is 20.7. The van der Waals surface area contributed by atoms with E-state index in [1.807, 2.05) is 18.2 Å². The van der Waals surface area contributed by atoms with E-state index in [1.165, 1.54) is 10.4 Å². The fourth-order valence-corrected chi connectivity index (χ4v) is 14.5. The van der Waals surface area contributed by atoms with Crippen molar-refractivity contribution in [3.05, 3.63) is 119 Å². The smallest absolute Gasteiger partial charge is 0.261 e. The van der Waals surface area contributed by atoms with Gasteiger partial charge in [0, 0.05) is 66.9 Å². The van der Waals surface area contributed by atoms with Crippen LogP contribution in [-0.2, 0) is 15.8 Å². The maximum absolute atomic E-state index is 11.5. The highest BCUT2D eigenvalue weighted by molar-refractivity contribution is 6.99. The van der Waals surface area contributed by atoms with Crippen LogP contribution < -0.4 is 25.7 Å². The molecular weight excluding hydrogens is 798 g/mol. The Morgan fingerprint density at radius 3 is 2.10 bits per heavy atom. The minimum absolute atomic E-state index is 0.0740. The number of carbonyl (C=O) groups is 1. The maximum atomic E-state index is 11.5. The largest absolute Gasteiger partial charge is 0.436 e. The highest BCUT2D eigenvalue weighted by atomic mass is 35.5. The molecule has 1 amide bonds. The van der Waals surface area contributed by atoms with Gasteiger partial charge < -0.3 is 19.8 Å². The van der Waals surface area contributed by atoms with Crippen molar-refractivity contribution in [2.45, 2.75) is 70.2 Å². The lowest BCUT2D eigenvalue weighted by atomic mass is 9.93. The number of benzene rings is 3. The second-order valence-corrected chi connectivity index (χ2v) is 22.4. The van der Waals surface area contributed by atoms with Crippen LogP contribution in [0.5, 0.6) is 11.6 Å². The summed E-state index contributed by atoms with van der Waals surface area (Å²) in [6.45, 7) is 13.0. The average molecular weight is 851 g/mol. The first kappa shape index (κ1) is 41.4. The van der Waals surface area contributed by atoms with E-state index in [0.29, 0.717) is 58.2 Å². The first-order valence-corrected chi connectivity index (χ1v) is 23.3. The molecule has 3 aliphatic rings. The zero-order valence-electron chi connectivity index (χ0n) is 34.1. The van der Waals surface area contributed by atoms with E-state index in [-0.39, 0.29) is 17.0 Å². The molecule has 0 radical (unpaired) electrons. The van der Waals surface area contributed by atoms with Crippen molar-refractivity contribution in [3.8, 4) is 22.9 Å². The summed E-state index contributed by atoms with van der Waals surface area (Å²) in [7, 11) is -2.66. The number of hydrogen-bond acceptors (Lipinski definition) is 9. The number of piperidine rings is 1. The summed E-state index contributed by atoms with van der Waals surface area (Å²) in [5, 5.41) is 3.61. The van der Waals surface area contributed by atoms with Crippen molar-refractivity contribution < 1.29 is 14.0 Å². The molecule has 308 valence electrons. The Morgan fingerprint density at radius 2 is 1.49 bits per heavy atom. The number of anilines is 1. The third-order valence-corrected chi connectivity index (χ3v) is 17.6. The molecule has 0 saturated carbocycles. The minimum atomic E-state index is -2.66. The van der Waals surface area contributed by atoms with Gasteiger partial charge in [-0.1, -0.05) is 105 Å². The van der Waals surface area contributed by atoms with E-state index in [2.05, 4.69) is 102 Å². The number of hydrogen-bond donors (Lipinski definition) is 1. The summed E-state index contributed by atoms with van der Waals surface area (Å²) in [5.41, 5.74) is 8.02. The highest BCUT2D eigenvalue weighted by Crippen LogP contribution is 2.40. The number of piperazine rings is 1. The van der Waals surface area contributed by atoms with Crippen molar-refractivity contribution in [1.29, 1.82) is 0 Å². The number of likely N-dealkylation sites (tertiary alicyclic amines) is 1. The van der Waals surface area contributed by atoms with Gasteiger partial charge in [-0.25, -0.2) is 15.0 Å². The van der Waals surface area contributed by atoms with Crippen LogP contribution >= 0.6 is 23.2 Å². The molecule has 5 aromatic rings. The monoisotopic (exact) mass is 849 g/mol. The molecule has 2 aromatic heterocycles. The number of aromatic nitrogens is 3. The van der Waals surface area contributed by atoms with Gasteiger partial charge in [0.2, 0.25) is 17.7 Å². The van der Waals surface area contributed by atoms with Crippen molar-refractivity contribution in [2.75, 3.05) is 44.2 Å².